The van der Waals surface area contributed by atoms with E-state index in [2.05, 4.69) is 10.2 Å². The van der Waals surface area contributed by atoms with E-state index in [9.17, 15) is 18.0 Å². The minimum atomic E-state index is -4.42. The molecular weight excluding hydrogens is 403 g/mol. The van der Waals surface area contributed by atoms with Crippen LogP contribution in [0.4, 0.5) is 18.0 Å². The first-order chi connectivity index (χ1) is 14.2. The topological polar surface area (TPSA) is 100 Å². The van der Waals surface area contributed by atoms with Gasteiger partial charge >= 0.3 is 12.3 Å². The molecule has 0 aliphatic rings. The largest absolute Gasteiger partial charge is 0.496 e. The van der Waals surface area contributed by atoms with Gasteiger partial charge in [0.2, 0.25) is 11.8 Å². The zero-order chi connectivity index (χ0) is 21.9. The van der Waals surface area contributed by atoms with Gasteiger partial charge in [-0.2, -0.15) is 13.2 Å². The smallest absolute Gasteiger partial charge is 0.416 e. The first kappa shape index (κ1) is 21.2. The number of primary amides is 1. The van der Waals surface area contributed by atoms with E-state index in [1.54, 1.807) is 25.1 Å². The first-order valence-electron chi connectivity index (χ1n) is 8.78. The number of hydrogen-bond acceptors (Lipinski definition) is 6. The summed E-state index contributed by atoms with van der Waals surface area (Å²) in [5.41, 5.74) is 6.05. The van der Waals surface area contributed by atoms with Gasteiger partial charge in [-0.15, -0.1) is 10.2 Å². The molecule has 0 spiro atoms. The van der Waals surface area contributed by atoms with Crippen LogP contribution in [0.25, 0.3) is 11.1 Å². The van der Waals surface area contributed by atoms with Crippen LogP contribution in [0, 0.1) is 6.92 Å². The Morgan fingerprint density at radius 3 is 2.33 bits per heavy atom. The zero-order valence-corrected chi connectivity index (χ0v) is 16.1. The van der Waals surface area contributed by atoms with E-state index in [0.29, 0.717) is 28.3 Å². The van der Waals surface area contributed by atoms with Crippen LogP contribution in [0.1, 0.15) is 29.0 Å². The molecule has 0 aliphatic heterocycles. The first-order valence-corrected chi connectivity index (χ1v) is 8.78. The summed E-state index contributed by atoms with van der Waals surface area (Å²) in [7, 11) is 1.44. The van der Waals surface area contributed by atoms with Crippen LogP contribution < -0.4 is 10.5 Å². The van der Waals surface area contributed by atoms with E-state index < -0.39 is 23.9 Å². The maximum absolute atomic E-state index is 12.8. The number of amides is 1. The number of nitrogens with two attached hydrogens (primary N) is 1. The number of aromatic nitrogens is 2. The molecule has 0 saturated carbocycles. The average Bonchev–Trinajstić information content (AvgIpc) is 3.11. The summed E-state index contributed by atoms with van der Waals surface area (Å²) in [4.78, 5) is 11.5. The fourth-order valence-corrected chi connectivity index (χ4v) is 2.95. The van der Waals surface area contributed by atoms with E-state index in [4.69, 9.17) is 19.6 Å². The number of halogens is 3. The zero-order valence-electron chi connectivity index (χ0n) is 16.1. The molecule has 1 aromatic heterocycles. The molecular formula is C20H18F3N3O4. The van der Waals surface area contributed by atoms with E-state index in [1.807, 2.05) is 0 Å². The fourth-order valence-electron chi connectivity index (χ4n) is 2.95. The molecule has 30 heavy (non-hydrogen) atoms. The number of nitrogens with zero attached hydrogens (tertiary/aromatic N) is 2. The quantitative estimate of drug-likeness (QED) is 0.631. The van der Waals surface area contributed by atoms with Gasteiger partial charge in [0.1, 0.15) is 11.9 Å². The van der Waals surface area contributed by atoms with Crippen LogP contribution >= 0.6 is 0 Å². The summed E-state index contributed by atoms with van der Waals surface area (Å²) in [6, 6.07) is 9.68. The van der Waals surface area contributed by atoms with Gasteiger partial charge in [-0.05, 0) is 35.4 Å². The minimum absolute atomic E-state index is 0.0383. The van der Waals surface area contributed by atoms with Crippen LogP contribution in [0.15, 0.2) is 46.9 Å². The number of carbonyl (C=O) groups excluding carboxylic acids is 1. The van der Waals surface area contributed by atoms with Gasteiger partial charge in [0, 0.05) is 12.5 Å². The lowest BCUT2D eigenvalue weighted by Crippen LogP contribution is -2.19. The SMILES string of the molecule is COc1ccc(-c2ccc(C(F)(F)F)cc2)cc1C(Cc1nnc(C)o1)OC(N)=O. The molecule has 0 fully saturated rings. The van der Waals surface area contributed by atoms with Crippen LogP contribution in [-0.2, 0) is 17.3 Å². The maximum Gasteiger partial charge on any atom is 0.416 e. The second kappa shape index (κ2) is 8.44. The molecule has 0 saturated heterocycles. The van der Waals surface area contributed by atoms with Crippen molar-refractivity contribution in [3.63, 3.8) is 0 Å². The normalized spacial score (nSPS) is 12.4. The predicted octanol–water partition coefficient (Wildman–Crippen LogP) is 4.45. The van der Waals surface area contributed by atoms with Gasteiger partial charge in [-0.3, -0.25) is 0 Å². The Balaban J connectivity index is 1.99. The van der Waals surface area contributed by atoms with E-state index in [-0.39, 0.29) is 12.3 Å². The summed E-state index contributed by atoms with van der Waals surface area (Å²) < 4.78 is 54.4. The van der Waals surface area contributed by atoms with Crippen molar-refractivity contribution in [1.82, 2.24) is 10.2 Å². The number of carbonyl (C=O) groups is 1. The summed E-state index contributed by atoms with van der Waals surface area (Å²) in [5, 5.41) is 7.63. The molecule has 0 radical (unpaired) electrons. The Morgan fingerprint density at radius 2 is 1.80 bits per heavy atom. The van der Waals surface area contributed by atoms with E-state index in [0.717, 1.165) is 12.1 Å². The Bertz CT molecular complexity index is 1030. The molecule has 1 atom stereocenters. The number of benzene rings is 2. The third-order valence-electron chi connectivity index (χ3n) is 4.31. The van der Waals surface area contributed by atoms with Crippen molar-refractivity contribution in [1.29, 1.82) is 0 Å². The van der Waals surface area contributed by atoms with Crippen molar-refractivity contribution in [2.45, 2.75) is 25.6 Å². The highest BCUT2D eigenvalue weighted by Crippen LogP contribution is 2.35. The summed E-state index contributed by atoms with van der Waals surface area (Å²) in [6.45, 7) is 1.62. The molecule has 158 valence electrons. The summed E-state index contributed by atoms with van der Waals surface area (Å²) in [5.74, 6) is 0.960. The van der Waals surface area contributed by atoms with Gasteiger partial charge in [0.15, 0.2) is 0 Å². The highest BCUT2D eigenvalue weighted by molar-refractivity contribution is 5.68. The maximum atomic E-state index is 12.8. The van der Waals surface area contributed by atoms with Crippen molar-refractivity contribution in [3.8, 4) is 16.9 Å². The highest BCUT2D eigenvalue weighted by atomic mass is 19.4. The number of ether oxygens (including phenoxy) is 2. The standard InChI is InChI=1S/C20H18F3N3O4/c1-11-25-26-18(29-11)10-17(30-19(24)27)15-9-13(5-8-16(15)28-2)12-3-6-14(7-4-12)20(21,22)23/h3-9,17H,10H2,1-2H3,(H2,24,27). The lowest BCUT2D eigenvalue weighted by Gasteiger charge is -2.19. The number of hydrogen-bond donors (Lipinski definition) is 1. The monoisotopic (exact) mass is 421 g/mol. The fraction of sp³-hybridized carbons (Fsp3) is 0.250. The Morgan fingerprint density at radius 1 is 1.13 bits per heavy atom. The number of aryl methyl sites for hydroxylation is 1. The molecule has 3 aromatic rings. The number of alkyl halides is 3. The van der Waals surface area contributed by atoms with Crippen molar-refractivity contribution >= 4 is 6.09 Å². The molecule has 1 unspecified atom stereocenters. The molecule has 0 aliphatic carbocycles. The molecule has 2 N–H and O–H groups in total. The number of rotatable bonds is 6. The van der Waals surface area contributed by atoms with Crippen LogP contribution in [0.2, 0.25) is 0 Å². The van der Waals surface area contributed by atoms with E-state index >= 15 is 0 Å². The highest BCUT2D eigenvalue weighted by Gasteiger charge is 2.30. The van der Waals surface area contributed by atoms with Gasteiger partial charge in [0.25, 0.3) is 0 Å². The lowest BCUT2D eigenvalue weighted by molar-refractivity contribution is -0.137. The molecule has 1 heterocycles. The molecule has 3 rings (SSSR count). The van der Waals surface area contributed by atoms with Crippen molar-refractivity contribution in [2.24, 2.45) is 5.73 Å². The molecule has 0 bridgehead atoms. The van der Waals surface area contributed by atoms with Gasteiger partial charge in [-0.1, -0.05) is 18.2 Å². The molecule has 10 heteroatoms. The van der Waals surface area contributed by atoms with Gasteiger partial charge in [0.05, 0.1) is 19.1 Å². The second-order valence-electron chi connectivity index (χ2n) is 6.38. The third kappa shape index (κ3) is 4.88. The molecule has 7 nitrogen and oxygen atoms in total. The Kier molecular flexibility index (Phi) is 5.95. The van der Waals surface area contributed by atoms with Crippen LogP contribution in [-0.4, -0.2) is 23.4 Å². The summed E-state index contributed by atoms with van der Waals surface area (Å²) in [6.07, 6.45) is -6.31. The van der Waals surface area contributed by atoms with Crippen molar-refractivity contribution in [3.05, 3.63) is 65.4 Å². The summed E-state index contributed by atoms with van der Waals surface area (Å²) >= 11 is 0. The minimum Gasteiger partial charge on any atom is -0.496 e. The van der Waals surface area contributed by atoms with Crippen LogP contribution in [0.5, 0.6) is 5.75 Å². The Labute approximate surface area is 169 Å². The molecule has 2 aromatic carbocycles. The van der Waals surface area contributed by atoms with Gasteiger partial charge < -0.3 is 19.6 Å². The third-order valence-corrected chi connectivity index (χ3v) is 4.31. The van der Waals surface area contributed by atoms with Crippen LogP contribution in [0.3, 0.4) is 0 Å². The molecule has 1 amide bonds. The average molecular weight is 421 g/mol. The van der Waals surface area contributed by atoms with E-state index in [1.165, 1.54) is 19.2 Å². The van der Waals surface area contributed by atoms with Crippen molar-refractivity contribution in [2.75, 3.05) is 7.11 Å². The van der Waals surface area contributed by atoms with Gasteiger partial charge in [-0.25, -0.2) is 4.79 Å². The Hall–Kier alpha value is -3.56. The second-order valence-corrected chi connectivity index (χ2v) is 6.38. The predicted molar refractivity (Wildman–Crippen MR) is 99.6 cm³/mol. The lowest BCUT2D eigenvalue weighted by atomic mass is 9.97. The van der Waals surface area contributed by atoms with Crippen molar-refractivity contribution < 1.29 is 31.9 Å². The number of methoxy groups -OCH3 is 1.